The SMILES string of the molecule is O=C(COC(=O)c1ccc(O)cc1O)Nc1cccc(F)c1. The third kappa shape index (κ3) is 3.95. The quantitative estimate of drug-likeness (QED) is 0.751. The summed E-state index contributed by atoms with van der Waals surface area (Å²) >= 11 is 0. The van der Waals surface area contributed by atoms with Gasteiger partial charge in [0.25, 0.3) is 5.91 Å². The highest BCUT2D eigenvalue weighted by atomic mass is 19.1. The molecule has 0 aliphatic heterocycles. The normalized spacial score (nSPS) is 10.0. The van der Waals surface area contributed by atoms with E-state index in [0.717, 1.165) is 18.2 Å². The lowest BCUT2D eigenvalue weighted by atomic mass is 10.2. The van der Waals surface area contributed by atoms with Crippen LogP contribution in [0.25, 0.3) is 0 Å². The summed E-state index contributed by atoms with van der Waals surface area (Å²) in [6.45, 7) is -0.602. The number of hydrogen-bond acceptors (Lipinski definition) is 5. The maximum Gasteiger partial charge on any atom is 0.342 e. The number of carbonyl (C=O) groups is 2. The molecule has 0 saturated heterocycles. The van der Waals surface area contributed by atoms with Crippen LogP contribution in [0.15, 0.2) is 42.5 Å². The van der Waals surface area contributed by atoms with Gasteiger partial charge in [-0.3, -0.25) is 4.79 Å². The number of ether oxygens (including phenoxy) is 1. The lowest BCUT2D eigenvalue weighted by Gasteiger charge is -2.07. The van der Waals surface area contributed by atoms with Crippen molar-refractivity contribution < 1.29 is 28.9 Å². The Morgan fingerprint density at radius 1 is 1.14 bits per heavy atom. The number of benzene rings is 2. The summed E-state index contributed by atoms with van der Waals surface area (Å²) in [5.41, 5.74) is 0.0462. The first-order chi connectivity index (χ1) is 10.5. The van der Waals surface area contributed by atoms with E-state index in [2.05, 4.69) is 5.32 Å². The molecule has 0 unspecified atom stereocenters. The van der Waals surface area contributed by atoms with Crippen LogP contribution in [0.3, 0.4) is 0 Å². The molecule has 2 aromatic carbocycles. The molecule has 3 N–H and O–H groups in total. The standard InChI is InChI=1S/C15H12FNO5/c16-9-2-1-3-10(6-9)17-14(20)8-22-15(21)12-5-4-11(18)7-13(12)19/h1-7,18-19H,8H2,(H,17,20). The molecule has 1 amide bonds. The van der Waals surface area contributed by atoms with Crippen molar-refractivity contribution >= 4 is 17.6 Å². The Balaban J connectivity index is 1.92. The summed E-state index contributed by atoms with van der Waals surface area (Å²) in [6, 6.07) is 8.58. The van der Waals surface area contributed by atoms with Gasteiger partial charge >= 0.3 is 5.97 Å². The second kappa shape index (κ2) is 6.57. The summed E-state index contributed by atoms with van der Waals surface area (Å²) in [5, 5.41) is 21.0. The van der Waals surface area contributed by atoms with Gasteiger partial charge < -0.3 is 20.3 Å². The van der Waals surface area contributed by atoms with Gasteiger partial charge in [-0.2, -0.15) is 0 Å². The Morgan fingerprint density at radius 2 is 1.91 bits per heavy atom. The van der Waals surface area contributed by atoms with Gasteiger partial charge in [0.2, 0.25) is 0 Å². The number of phenolic OH excluding ortho intramolecular Hbond substituents is 2. The third-order valence-electron chi connectivity index (χ3n) is 2.64. The van der Waals surface area contributed by atoms with Crippen molar-refractivity contribution in [1.29, 1.82) is 0 Å². The number of nitrogens with one attached hydrogen (secondary N) is 1. The van der Waals surface area contributed by atoms with Crippen LogP contribution in [0.1, 0.15) is 10.4 Å². The zero-order valence-electron chi connectivity index (χ0n) is 11.2. The van der Waals surface area contributed by atoms with Crippen molar-refractivity contribution in [3.63, 3.8) is 0 Å². The summed E-state index contributed by atoms with van der Waals surface area (Å²) in [7, 11) is 0. The Bertz CT molecular complexity index is 717. The topological polar surface area (TPSA) is 95.9 Å². The van der Waals surface area contributed by atoms with Gasteiger partial charge in [0.1, 0.15) is 22.9 Å². The molecule has 7 heteroatoms. The summed E-state index contributed by atoms with van der Waals surface area (Å²) in [5.74, 6) is -2.76. The number of halogens is 1. The molecule has 0 bridgehead atoms. The molecule has 2 aromatic rings. The average Bonchev–Trinajstić information content (AvgIpc) is 2.45. The van der Waals surface area contributed by atoms with E-state index in [1.807, 2.05) is 0 Å². The molecule has 0 spiro atoms. The van der Waals surface area contributed by atoms with Gasteiger partial charge in [0, 0.05) is 11.8 Å². The van der Waals surface area contributed by atoms with Gasteiger partial charge in [-0.15, -0.1) is 0 Å². The van der Waals surface area contributed by atoms with E-state index in [9.17, 15) is 19.1 Å². The fourth-order valence-electron chi connectivity index (χ4n) is 1.66. The van der Waals surface area contributed by atoms with Crippen LogP contribution in [-0.4, -0.2) is 28.7 Å². The lowest BCUT2D eigenvalue weighted by molar-refractivity contribution is -0.119. The van der Waals surface area contributed by atoms with Crippen LogP contribution in [-0.2, 0) is 9.53 Å². The van der Waals surface area contributed by atoms with Crippen LogP contribution < -0.4 is 5.32 Å². The smallest absolute Gasteiger partial charge is 0.342 e. The number of hydrogen-bond donors (Lipinski definition) is 3. The van der Waals surface area contributed by atoms with Gasteiger partial charge in [0.15, 0.2) is 6.61 Å². The maximum atomic E-state index is 12.9. The molecule has 114 valence electrons. The van der Waals surface area contributed by atoms with Gasteiger partial charge in [-0.25, -0.2) is 9.18 Å². The Kier molecular flexibility index (Phi) is 4.57. The number of rotatable bonds is 4. The number of carbonyl (C=O) groups excluding carboxylic acids is 2. The number of anilines is 1. The molecule has 0 aliphatic carbocycles. The van der Waals surface area contributed by atoms with Crippen LogP contribution in [0.4, 0.5) is 10.1 Å². The van der Waals surface area contributed by atoms with Crippen molar-refractivity contribution in [1.82, 2.24) is 0 Å². The highest BCUT2D eigenvalue weighted by Gasteiger charge is 2.15. The Morgan fingerprint density at radius 3 is 2.59 bits per heavy atom. The van der Waals surface area contributed by atoms with Crippen molar-refractivity contribution in [2.75, 3.05) is 11.9 Å². The van der Waals surface area contributed by atoms with E-state index in [-0.39, 0.29) is 17.0 Å². The van der Waals surface area contributed by atoms with Gasteiger partial charge in [-0.05, 0) is 30.3 Å². The van der Waals surface area contributed by atoms with Crippen molar-refractivity contribution in [3.8, 4) is 11.5 Å². The van der Waals surface area contributed by atoms with Gasteiger partial charge in [-0.1, -0.05) is 6.07 Å². The minimum absolute atomic E-state index is 0.184. The van der Waals surface area contributed by atoms with Crippen molar-refractivity contribution in [2.45, 2.75) is 0 Å². The lowest BCUT2D eigenvalue weighted by Crippen LogP contribution is -2.21. The first kappa shape index (κ1) is 15.3. The minimum Gasteiger partial charge on any atom is -0.508 e. The summed E-state index contributed by atoms with van der Waals surface area (Å²) in [6.07, 6.45) is 0. The highest BCUT2D eigenvalue weighted by Crippen LogP contribution is 2.23. The highest BCUT2D eigenvalue weighted by molar-refractivity contribution is 5.96. The van der Waals surface area contributed by atoms with E-state index < -0.39 is 30.1 Å². The maximum absolute atomic E-state index is 12.9. The number of aromatic hydroxyl groups is 2. The van der Waals surface area contributed by atoms with E-state index in [0.29, 0.717) is 0 Å². The summed E-state index contributed by atoms with van der Waals surface area (Å²) < 4.78 is 17.7. The van der Waals surface area contributed by atoms with E-state index in [4.69, 9.17) is 9.84 Å². The van der Waals surface area contributed by atoms with Crippen LogP contribution in [0.5, 0.6) is 11.5 Å². The Labute approximate surface area is 124 Å². The molecule has 0 heterocycles. The molecular formula is C15H12FNO5. The molecule has 0 aliphatic rings. The molecular weight excluding hydrogens is 293 g/mol. The average molecular weight is 305 g/mol. The first-order valence-corrected chi connectivity index (χ1v) is 6.20. The Hall–Kier alpha value is -3.09. The number of amides is 1. The third-order valence-corrected chi connectivity index (χ3v) is 2.64. The minimum atomic E-state index is -0.924. The fraction of sp³-hybridized carbons (Fsp3) is 0.0667. The molecule has 2 rings (SSSR count). The molecule has 0 atom stereocenters. The molecule has 0 aromatic heterocycles. The summed E-state index contributed by atoms with van der Waals surface area (Å²) in [4.78, 5) is 23.3. The van der Waals surface area contributed by atoms with Crippen LogP contribution in [0.2, 0.25) is 0 Å². The van der Waals surface area contributed by atoms with Crippen LogP contribution in [0, 0.1) is 5.82 Å². The van der Waals surface area contributed by atoms with E-state index >= 15 is 0 Å². The predicted octanol–water partition coefficient (Wildman–Crippen LogP) is 2.03. The molecule has 0 saturated carbocycles. The zero-order chi connectivity index (χ0) is 16.1. The first-order valence-electron chi connectivity index (χ1n) is 6.20. The molecule has 0 radical (unpaired) electrons. The molecule has 22 heavy (non-hydrogen) atoms. The van der Waals surface area contributed by atoms with E-state index in [1.165, 1.54) is 24.3 Å². The largest absolute Gasteiger partial charge is 0.508 e. The van der Waals surface area contributed by atoms with Crippen molar-refractivity contribution in [2.24, 2.45) is 0 Å². The number of esters is 1. The van der Waals surface area contributed by atoms with Gasteiger partial charge in [0.05, 0.1) is 0 Å². The second-order valence-corrected chi connectivity index (χ2v) is 4.34. The zero-order valence-corrected chi connectivity index (χ0v) is 11.2. The predicted molar refractivity (Wildman–Crippen MR) is 75.1 cm³/mol. The fourth-order valence-corrected chi connectivity index (χ4v) is 1.66. The number of phenols is 2. The van der Waals surface area contributed by atoms with E-state index in [1.54, 1.807) is 0 Å². The second-order valence-electron chi connectivity index (χ2n) is 4.34. The molecule has 0 fully saturated rings. The van der Waals surface area contributed by atoms with Crippen molar-refractivity contribution in [3.05, 3.63) is 53.8 Å². The van der Waals surface area contributed by atoms with Crippen LogP contribution >= 0.6 is 0 Å². The monoisotopic (exact) mass is 305 g/mol. The molecule has 6 nitrogen and oxygen atoms in total.